The number of piperidine rings is 1. The van der Waals surface area contributed by atoms with Crippen molar-refractivity contribution in [2.75, 3.05) is 30.0 Å². The molecule has 4 atom stereocenters. The highest BCUT2D eigenvalue weighted by Gasteiger charge is 2.42. The second-order valence-electron chi connectivity index (χ2n) is 12.0. The quantitative estimate of drug-likeness (QED) is 0.215. The number of anilines is 2. The number of ether oxygens (including phenoxy) is 1. The van der Waals surface area contributed by atoms with Crippen molar-refractivity contribution in [2.24, 2.45) is 11.8 Å². The first kappa shape index (κ1) is 29.8. The monoisotopic (exact) mass is 633 g/mol. The predicted octanol–water partition coefficient (Wildman–Crippen LogP) is 8.46. The third-order valence-corrected chi connectivity index (χ3v) is 9.54. The molecular formula is C34H37Cl2N5OS. The summed E-state index contributed by atoms with van der Waals surface area (Å²) in [4.78, 5) is 9.35. The van der Waals surface area contributed by atoms with E-state index in [0.29, 0.717) is 22.0 Å². The van der Waals surface area contributed by atoms with Gasteiger partial charge in [-0.1, -0.05) is 43.1 Å². The van der Waals surface area contributed by atoms with Gasteiger partial charge < -0.3 is 24.4 Å². The summed E-state index contributed by atoms with van der Waals surface area (Å²) < 4.78 is 7.93. The van der Waals surface area contributed by atoms with Crippen molar-refractivity contribution in [2.45, 2.75) is 46.2 Å². The fourth-order valence-corrected chi connectivity index (χ4v) is 7.81. The summed E-state index contributed by atoms with van der Waals surface area (Å²) in [6, 6.07) is 19.9. The molecule has 0 unspecified atom stereocenters. The zero-order valence-electron chi connectivity index (χ0n) is 25.1. The SMILES string of the molecule is COc1ccc(Cl)cc1-n1c(C)cc([C@@H]2[C@H](c3ccccn3)NC(=S)N2c2ccc(N3C[C@@H](C)C[C@H](C)C3)c(Cl)c2)c1C. The lowest BCUT2D eigenvalue weighted by molar-refractivity contribution is 0.357. The minimum absolute atomic E-state index is 0.175. The Hall–Kier alpha value is -3.26. The number of benzene rings is 2. The Morgan fingerprint density at radius 1 is 0.953 bits per heavy atom. The first-order valence-electron chi connectivity index (χ1n) is 14.7. The van der Waals surface area contributed by atoms with Gasteiger partial charge in [0.2, 0.25) is 0 Å². The van der Waals surface area contributed by atoms with Crippen LogP contribution in [0, 0.1) is 25.7 Å². The molecule has 9 heteroatoms. The molecule has 1 N–H and O–H groups in total. The second kappa shape index (κ2) is 12.0. The maximum absolute atomic E-state index is 7.05. The summed E-state index contributed by atoms with van der Waals surface area (Å²) in [5, 5.41) is 5.60. The number of methoxy groups -OCH3 is 1. The molecule has 2 saturated heterocycles. The van der Waals surface area contributed by atoms with Crippen LogP contribution in [-0.2, 0) is 0 Å². The Morgan fingerprint density at radius 3 is 2.40 bits per heavy atom. The van der Waals surface area contributed by atoms with Crippen LogP contribution < -0.4 is 19.9 Å². The molecule has 6 rings (SSSR count). The van der Waals surface area contributed by atoms with Gasteiger partial charge in [0.25, 0.3) is 0 Å². The molecule has 4 aromatic rings. The maximum Gasteiger partial charge on any atom is 0.174 e. The average molecular weight is 635 g/mol. The van der Waals surface area contributed by atoms with Gasteiger partial charge in [-0.15, -0.1) is 0 Å². The molecule has 0 aliphatic carbocycles. The van der Waals surface area contributed by atoms with Crippen molar-refractivity contribution in [1.29, 1.82) is 0 Å². The molecule has 2 aliphatic heterocycles. The van der Waals surface area contributed by atoms with E-state index in [9.17, 15) is 0 Å². The molecule has 0 saturated carbocycles. The van der Waals surface area contributed by atoms with Gasteiger partial charge in [-0.3, -0.25) is 4.98 Å². The fraction of sp³-hybridized carbons (Fsp3) is 0.353. The topological polar surface area (TPSA) is 45.6 Å². The van der Waals surface area contributed by atoms with E-state index in [0.717, 1.165) is 63.6 Å². The van der Waals surface area contributed by atoms with E-state index in [2.05, 4.69) is 71.6 Å². The van der Waals surface area contributed by atoms with Crippen molar-refractivity contribution in [3.63, 3.8) is 0 Å². The van der Waals surface area contributed by atoms with Crippen LogP contribution in [-0.4, -0.2) is 34.9 Å². The third-order valence-electron chi connectivity index (χ3n) is 8.69. The summed E-state index contributed by atoms with van der Waals surface area (Å²) in [5.41, 5.74) is 7.08. The van der Waals surface area contributed by atoms with E-state index < -0.39 is 0 Å². The van der Waals surface area contributed by atoms with Gasteiger partial charge in [0, 0.05) is 41.4 Å². The summed E-state index contributed by atoms with van der Waals surface area (Å²) in [5.74, 6) is 2.01. The lowest BCUT2D eigenvalue weighted by Crippen LogP contribution is -2.38. The van der Waals surface area contributed by atoms with Crippen molar-refractivity contribution < 1.29 is 4.74 Å². The minimum atomic E-state index is -0.176. The molecule has 0 radical (unpaired) electrons. The minimum Gasteiger partial charge on any atom is -0.495 e. The number of hydrogen-bond acceptors (Lipinski definition) is 4. The molecule has 2 aromatic carbocycles. The van der Waals surface area contributed by atoms with Crippen LogP contribution in [0.2, 0.25) is 10.0 Å². The number of nitrogens with zero attached hydrogens (tertiary/aromatic N) is 4. The highest BCUT2D eigenvalue weighted by atomic mass is 35.5. The number of rotatable bonds is 6. The molecule has 43 heavy (non-hydrogen) atoms. The number of pyridine rings is 1. The molecule has 0 spiro atoms. The van der Waals surface area contributed by atoms with Crippen LogP contribution in [0.15, 0.2) is 66.9 Å². The van der Waals surface area contributed by atoms with Crippen LogP contribution in [0.25, 0.3) is 5.69 Å². The predicted molar refractivity (Wildman–Crippen MR) is 181 cm³/mol. The Labute approximate surface area is 269 Å². The van der Waals surface area contributed by atoms with E-state index in [1.54, 1.807) is 7.11 Å². The lowest BCUT2D eigenvalue weighted by Gasteiger charge is -2.37. The Kier molecular flexibility index (Phi) is 8.33. The van der Waals surface area contributed by atoms with Gasteiger partial charge in [-0.05, 0) is 104 Å². The Bertz CT molecular complexity index is 1650. The Balaban J connectivity index is 1.46. The third kappa shape index (κ3) is 5.59. The highest BCUT2D eigenvalue weighted by Crippen LogP contribution is 2.46. The van der Waals surface area contributed by atoms with E-state index in [-0.39, 0.29) is 12.1 Å². The molecule has 224 valence electrons. The lowest BCUT2D eigenvalue weighted by atomic mass is 9.91. The number of aromatic nitrogens is 2. The van der Waals surface area contributed by atoms with Gasteiger partial charge in [-0.2, -0.15) is 0 Å². The van der Waals surface area contributed by atoms with Crippen LogP contribution in [0.5, 0.6) is 5.75 Å². The van der Waals surface area contributed by atoms with Crippen molar-refractivity contribution in [1.82, 2.24) is 14.9 Å². The maximum atomic E-state index is 7.05. The van der Waals surface area contributed by atoms with Gasteiger partial charge in [-0.25, -0.2) is 0 Å². The number of halogens is 2. The zero-order valence-corrected chi connectivity index (χ0v) is 27.5. The van der Waals surface area contributed by atoms with E-state index >= 15 is 0 Å². The van der Waals surface area contributed by atoms with Crippen molar-refractivity contribution >= 4 is 51.9 Å². The normalized spacial score (nSPS) is 22.2. The average Bonchev–Trinajstić information content (AvgIpc) is 3.47. The number of nitrogens with one attached hydrogen (secondary N) is 1. The standard InChI is InChI=1S/C34H37Cl2N5OS/c1-20-14-21(2)19-39(18-20)29-11-10-25(17-27(29)36)41-33(32(38-34(41)43)28-8-6-7-13-37-28)26-15-22(3)40(23(26)4)30-16-24(35)9-12-31(30)42-5/h6-13,15-17,20-21,32-33H,14,18-19H2,1-5H3,(H,38,43)/t20-,21-,32-,33+/m0/s1. The Morgan fingerprint density at radius 2 is 1.72 bits per heavy atom. The van der Waals surface area contributed by atoms with E-state index in [1.165, 1.54) is 6.42 Å². The van der Waals surface area contributed by atoms with E-state index in [1.807, 2.05) is 42.6 Å². The first-order valence-corrected chi connectivity index (χ1v) is 15.9. The van der Waals surface area contributed by atoms with Crippen LogP contribution >= 0.6 is 35.4 Å². The van der Waals surface area contributed by atoms with Crippen molar-refractivity contribution in [3.8, 4) is 11.4 Å². The molecule has 2 fully saturated rings. The molecule has 2 aliphatic rings. The van der Waals surface area contributed by atoms with Gasteiger partial charge >= 0.3 is 0 Å². The summed E-state index contributed by atoms with van der Waals surface area (Å²) >= 11 is 19.5. The van der Waals surface area contributed by atoms with Crippen LogP contribution in [0.1, 0.15) is 55.0 Å². The number of thiocarbonyl (C=S) groups is 1. The number of aryl methyl sites for hydroxylation is 1. The summed E-state index contributed by atoms with van der Waals surface area (Å²) in [6.45, 7) is 10.9. The first-order chi connectivity index (χ1) is 20.7. The molecular weight excluding hydrogens is 597 g/mol. The van der Waals surface area contributed by atoms with Crippen LogP contribution in [0.4, 0.5) is 11.4 Å². The van der Waals surface area contributed by atoms with Gasteiger partial charge in [0.1, 0.15) is 5.75 Å². The molecule has 6 nitrogen and oxygen atoms in total. The van der Waals surface area contributed by atoms with Gasteiger partial charge in [0.15, 0.2) is 5.11 Å². The highest BCUT2D eigenvalue weighted by molar-refractivity contribution is 7.80. The van der Waals surface area contributed by atoms with Crippen LogP contribution in [0.3, 0.4) is 0 Å². The molecule has 0 amide bonds. The fourth-order valence-electron chi connectivity index (χ4n) is 7.01. The molecule has 4 heterocycles. The number of hydrogen-bond donors (Lipinski definition) is 1. The second-order valence-corrected chi connectivity index (χ2v) is 13.2. The smallest absolute Gasteiger partial charge is 0.174 e. The summed E-state index contributed by atoms with van der Waals surface area (Å²) in [6.07, 6.45) is 3.07. The van der Waals surface area contributed by atoms with Gasteiger partial charge in [0.05, 0.1) is 41.3 Å². The molecule has 2 aromatic heterocycles. The van der Waals surface area contributed by atoms with E-state index in [4.69, 9.17) is 45.1 Å². The summed E-state index contributed by atoms with van der Waals surface area (Å²) in [7, 11) is 1.68. The molecule has 0 bridgehead atoms. The van der Waals surface area contributed by atoms with Crippen molar-refractivity contribution in [3.05, 3.63) is 99.6 Å². The zero-order chi connectivity index (χ0) is 30.4. The largest absolute Gasteiger partial charge is 0.495 e.